The van der Waals surface area contributed by atoms with Gasteiger partial charge in [0, 0.05) is 16.5 Å². The largest absolute Gasteiger partial charge is 0.419 e. The lowest BCUT2D eigenvalue weighted by atomic mass is 10.1. The normalized spacial score (nSPS) is 12.2. The number of hydrogen-bond donors (Lipinski definition) is 0. The Morgan fingerprint density at radius 2 is 1.73 bits per heavy atom. The van der Waals surface area contributed by atoms with Gasteiger partial charge in [0.2, 0.25) is 11.8 Å². The number of benzene rings is 2. The lowest BCUT2D eigenvalue weighted by molar-refractivity contribution is 0.509. The highest BCUT2D eigenvalue weighted by Gasteiger charge is 2.18. The summed E-state index contributed by atoms with van der Waals surface area (Å²) in [4.78, 5) is 4.73. The van der Waals surface area contributed by atoms with Crippen LogP contribution in [-0.2, 0) is 0 Å². The highest BCUT2D eigenvalue weighted by atomic mass is 32.2. The van der Waals surface area contributed by atoms with E-state index in [4.69, 9.17) is 9.40 Å². The molecule has 0 aliphatic heterocycles. The van der Waals surface area contributed by atoms with Gasteiger partial charge in [0.15, 0.2) is 4.34 Å². The van der Waals surface area contributed by atoms with Gasteiger partial charge in [-0.25, -0.2) is 4.98 Å². The second-order valence-corrected chi connectivity index (χ2v) is 8.38. The van der Waals surface area contributed by atoms with Gasteiger partial charge in [-0.3, -0.25) is 0 Å². The predicted molar refractivity (Wildman–Crippen MR) is 106 cm³/mol. The van der Waals surface area contributed by atoms with Crippen molar-refractivity contribution in [3.63, 3.8) is 0 Å². The lowest BCUT2D eigenvalue weighted by Crippen LogP contribution is -1.88. The fraction of sp³-hybridized carbons (Fsp3) is 0.150. The topological polar surface area (TPSA) is 51.8 Å². The summed E-state index contributed by atoms with van der Waals surface area (Å²) < 4.78 is 6.84. The minimum atomic E-state index is 0.0389. The SMILES string of the molecule is Cc1ccc(-c2csc(S[C@@H](C)c3nnc(-c4ccccc4)o3)n2)cc1. The van der Waals surface area contributed by atoms with Gasteiger partial charge in [-0.2, -0.15) is 0 Å². The summed E-state index contributed by atoms with van der Waals surface area (Å²) in [6.07, 6.45) is 0. The molecule has 0 unspecified atom stereocenters. The van der Waals surface area contributed by atoms with Crippen LogP contribution in [0.4, 0.5) is 0 Å². The van der Waals surface area contributed by atoms with Gasteiger partial charge < -0.3 is 4.42 Å². The van der Waals surface area contributed by atoms with Crippen LogP contribution in [0.15, 0.2) is 68.7 Å². The van der Waals surface area contributed by atoms with E-state index in [1.165, 1.54) is 5.56 Å². The highest BCUT2D eigenvalue weighted by Crippen LogP contribution is 2.38. The van der Waals surface area contributed by atoms with Gasteiger partial charge in [-0.05, 0) is 26.0 Å². The summed E-state index contributed by atoms with van der Waals surface area (Å²) in [6.45, 7) is 4.14. The average molecular weight is 380 g/mol. The lowest BCUT2D eigenvalue weighted by Gasteiger charge is -2.03. The first kappa shape index (κ1) is 17.0. The second-order valence-electron chi connectivity index (χ2n) is 5.94. The van der Waals surface area contributed by atoms with Gasteiger partial charge >= 0.3 is 0 Å². The fourth-order valence-electron chi connectivity index (χ4n) is 2.47. The Hall–Kier alpha value is -2.44. The van der Waals surface area contributed by atoms with Crippen LogP contribution in [0.1, 0.15) is 23.6 Å². The van der Waals surface area contributed by atoms with Crippen LogP contribution in [0.25, 0.3) is 22.7 Å². The minimum absolute atomic E-state index is 0.0389. The molecular weight excluding hydrogens is 362 g/mol. The number of hydrogen-bond acceptors (Lipinski definition) is 6. The summed E-state index contributed by atoms with van der Waals surface area (Å²) >= 11 is 3.27. The molecule has 2 heterocycles. The Bertz CT molecular complexity index is 993. The Kier molecular flexibility index (Phi) is 4.86. The van der Waals surface area contributed by atoms with Gasteiger partial charge in [0.25, 0.3) is 0 Å². The Balaban J connectivity index is 1.48. The summed E-state index contributed by atoms with van der Waals surface area (Å²) in [5.74, 6) is 1.16. The molecule has 0 N–H and O–H groups in total. The van der Waals surface area contributed by atoms with Gasteiger partial charge in [-0.1, -0.05) is 59.8 Å². The molecule has 0 aliphatic rings. The molecule has 4 rings (SSSR count). The molecule has 130 valence electrons. The molecule has 1 atom stereocenters. The highest BCUT2D eigenvalue weighted by molar-refractivity contribution is 8.01. The van der Waals surface area contributed by atoms with E-state index in [-0.39, 0.29) is 5.25 Å². The standard InChI is InChI=1S/C20H17N3OS2/c1-13-8-10-15(11-9-13)17-12-25-20(21-17)26-14(2)18-22-23-19(24-18)16-6-4-3-5-7-16/h3-12,14H,1-2H3/t14-/m0/s1. The molecule has 0 amide bonds. The molecule has 0 bridgehead atoms. The smallest absolute Gasteiger partial charge is 0.247 e. The molecule has 26 heavy (non-hydrogen) atoms. The fourth-order valence-corrected chi connectivity index (χ4v) is 4.47. The third-order valence-electron chi connectivity index (χ3n) is 3.92. The zero-order chi connectivity index (χ0) is 17.9. The maximum Gasteiger partial charge on any atom is 0.247 e. The maximum absolute atomic E-state index is 5.84. The van der Waals surface area contributed by atoms with E-state index in [0.29, 0.717) is 11.8 Å². The van der Waals surface area contributed by atoms with Crippen molar-refractivity contribution in [2.75, 3.05) is 0 Å². The van der Waals surface area contributed by atoms with Crippen LogP contribution >= 0.6 is 23.1 Å². The van der Waals surface area contributed by atoms with E-state index < -0.39 is 0 Å². The van der Waals surface area contributed by atoms with Gasteiger partial charge in [0.1, 0.15) is 0 Å². The van der Waals surface area contributed by atoms with E-state index in [2.05, 4.69) is 53.7 Å². The Morgan fingerprint density at radius 1 is 0.962 bits per heavy atom. The number of nitrogens with zero attached hydrogens (tertiary/aromatic N) is 3. The second kappa shape index (κ2) is 7.43. The average Bonchev–Trinajstić information content (AvgIpc) is 3.33. The molecule has 2 aromatic heterocycles. The summed E-state index contributed by atoms with van der Waals surface area (Å²) in [6, 6.07) is 18.2. The molecular formula is C20H17N3OS2. The van der Waals surface area contributed by atoms with Gasteiger partial charge in [-0.15, -0.1) is 21.5 Å². The summed E-state index contributed by atoms with van der Waals surface area (Å²) in [5, 5.41) is 10.5. The van der Waals surface area contributed by atoms with Crippen molar-refractivity contribution in [2.45, 2.75) is 23.4 Å². The molecule has 4 nitrogen and oxygen atoms in total. The first-order valence-electron chi connectivity index (χ1n) is 8.27. The van der Waals surface area contributed by atoms with Crippen molar-refractivity contribution in [3.05, 3.63) is 71.4 Å². The zero-order valence-electron chi connectivity index (χ0n) is 14.4. The predicted octanol–water partition coefficient (Wildman–Crippen LogP) is 6.02. The van der Waals surface area contributed by atoms with E-state index in [0.717, 1.165) is 21.2 Å². The van der Waals surface area contributed by atoms with Crippen LogP contribution in [0.3, 0.4) is 0 Å². The molecule has 0 aliphatic carbocycles. The van der Waals surface area contributed by atoms with Crippen molar-refractivity contribution < 1.29 is 4.42 Å². The summed E-state index contributed by atoms with van der Waals surface area (Å²) in [5.41, 5.74) is 4.31. The van der Waals surface area contributed by atoms with E-state index in [9.17, 15) is 0 Å². The van der Waals surface area contributed by atoms with E-state index in [1.807, 2.05) is 30.3 Å². The van der Waals surface area contributed by atoms with Crippen molar-refractivity contribution in [1.82, 2.24) is 15.2 Å². The maximum atomic E-state index is 5.84. The van der Waals surface area contributed by atoms with Crippen molar-refractivity contribution in [2.24, 2.45) is 0 Å². The third-order valence-corrected chi connectivity index (χ3v) is 5.98. The van der Waals surface area contributed by atoms with Crippen LogP contribution in [0, 0.1) is 6.92 Å². The van der Waals surface area contributed by atoms with Crippen molar-refractivity contribution >= 4 is 23.1 Å². The first-order chi connectivity index (χ1) is 12.7. The molecule has 4 aromatic rings. The van der Waals surface area contributed by atoms with Crippen LogP contribution in [0.5, 0.6) is 0 Å². The molecule has 0 saturated carbocycles. The third kappa shape index (κ3) is 3.71. The molecule has 0 fully saturated rings. The van der Waals surface area contributed by atoms with E-state index >= 15 is 0 Å². The van der Waals surface area contributed by atoms with Crippen LogP contribution in [0.2, 0.25) is 0 Å². The number of aromatic nitrogens is 3. The number of thioether (sulfide) groups is 1. The Labute approximate surface area is 160 Å². The molecule has 0 saturated heterocycles. The quantitative estimate of drug-likeness (QED) is 0.397. The van der Waals surface area contributed by atoms with Crippen LogP contribution in [-0.4, -0.2) is 15.2 Å². The zero-order valence-corrected chi connectivity index (χ0v) is 16.1. The molecule has 0 radical (unpaired) electrons. The minimum Gasteiger partial charge on any atom is -0.419 e. The number of rotatable bonds is 5. The molecule has 0 spiro atoms. The molecule has 2 aromatic carbocycles. The van der Waals surface area contributed by atoms with Crippen molar-refractivity contribution in [1.29, 1.82) is 0 Å². The molecule has 6 heteroatoms. The number of thiazole rings is 1. The van der Waals surface area contributed by atoms with Gasteiger partial charge in [0.05, 0.1) is 10.9 Å². The first-order valence-corrected chi connectivity index (χ1v) is 10.0. The monoisotopic (exact) mass is 379 g/mol. The van der Waals surface area contributed by atoms with Crippen molar-refractivity contribution in [3.8, 4) is 22.7 Å². The Morgan fingerprint density at radius 3 is 2.50 bits per heavy atom. The van der Waals surface area contributed by atoms with E-state index in [1.54, 1.807) is 23.1 Å². The number of aryl methyl sites for hydroxylation is 1. The van der Waals surface area contributed by atoms with Crippen LogP contribution < -0.4 is 0 Å². The summed E-state index contributed by atoms with van der Waals surface area (Å²) in [7, 11) is 0.